The SMILES string of the molecule is N#Cc1c(NC(=O)c2ccc(N)o2)sc2c1CCC2. The van der Waals surface area contributed by atoms with Crippen LogP contribution in [0.2, 0.25) is 0 Å². The van der Waals surface area contributed by atoms with Crippen molar-refractivity contribution < 1.29 is 9.21 Å². The number of nitrogens with zero attached hydrogens (tertiary/aromatic N) is 1. The number of carbonyl (C=O) groups excluding carboxylic acids is 1. The van der Waals surface area contributed by atoms with Gasteiger partial charge in [-0.15, -0.1) is 11.3 Å². The Morgan fingerprint density at radius 1 is 1.47 bits per heavy atom. The van der Waals surface area contributed by atoms with Gasteiger partial charge in [-0.2, -0.15) is 5.26 Å². The van der Waals surface area contributed by atoms with Crippen molar-refractivity contribution in [2.24, 2.45) is 0 Å². The molecule has 0 aromatic carbocycles. The second-order valence-corrected chi connectivity index (χ2v) is 5.43. The molecule has 0 atom stereocenters. The van der Waals surface area contributed by atoms with E-state index < -0.39 is 0 Å². The van der Waals surface area contributed by atoms with E-state index in [4.69, 9.17) is 10.2 Å². The smallest absolute Gasteiger partial charge is 0.292 e. The van der Waals surface area contributed by atoms with Crippen LogP contribution in [0.15, 0.2) is 16.5 Å². The first-order chi connectivity index (χ1) is 9.19. The largest absolute Gasteiger partial charge is 0.436 e. The predicted molar refractivity (Wildman–Crippen MR) is 72.1 cm³/mol. The standard InChI is InChI=1S/C13H11N3O2S/c14-6-8-7-2-1-3-10(7)19-13(8)16-12(17)9-4-5-11(15)18-9/h4-5H,1-3,15H2,(H,16,17). The maximum absolute atomic E-state index is 12.0. The van der Waals surface area contributed by atoms with Crippen molar-refractivity contribution in [3.63, 3.8) is 0 Å². The summed E-state index contributed by atoms with van der Waals surface area (Å²) in [6.45, 7) is 0. The summed E-state index contributed by atoms with van der Waals surface area (Å²) in [5.41, 5.74) is 7.10. The molecule has 0 aliphatic heterocycles. The molecule has 1 aliphatic rings. The Hall–Kier alpha value is -2.26. The minimum atomic E-state index is -0.381. The number of fused-ring (bicyclic) bond motifs is 1. The van der Waals surface area contributed by atoms with Crippen molar-refractivity contribution in [3.8, 4) is 6.07 Å². The highest BCUT2D eigenvalue weighted by Gasteiger charge is 2.23. The van der Waals surface area contributed by atoms with Gasteiger partial charge < -0.3 is 15.5 Å². The minimum Gasteiger partial charge on any atom is -0.436 e. The van der Waals surface area contributed by atoms with Gasteiger partial charge in [-0.1, -0.05) is 0 Å². The number of hydrogen-bond donors (Lipinski definition) is 2. The zero-order valence-electron chi connectivity index (χ0n) is 10.0. The summed E-state index contributed by atoms with van der Waals surface area (Å²) in [5, 5.41) is 12.6. The molecule has 0 spiro atoms. The third kappa shape index (κ3) is 1.98. The van der Waals surface area contributed by atoms with Crippen LogP contribution in [-0.4, -0.2) is 5.91 Å². The zero-order chi connectivity index (χ0) is 13.4. The lowest BCUT2D eigenvalue weighted by Crippen LogP contribution is -2.10. The van der Waals surface area contributed by atoms with E-state index in [9.17, 15) is 10.1 Å². The van der Waals surface area contributed by atoms with Crippen molar-refractivity contribution in [2.45, 2.75) is 19.3 Å². The number of furan rings is 1. The number of hydrogen-bond acceptors (Lipinski definition) is 5. The molecule has 3 N–H and O–H groups in total. The van der Waals surface area contributed by atoms with Crippen molar-refractivity contribution >= 4 is 28.1 Å². The topological polar surface area (TPSA) is 92.0 Å². The Morgan fingerprint density at radius 3 is 3.00 bits per heavy atom. The Bertz CT molecular complexity index is 693. The number of nitrogen functional groups attached to an aromatic ring is 1. The fraction of sp³-hybridized carbons (Fsp3) is 0.231. The van der Waals surface area contributed by atoms with Gasteiger partial charge in [-0.3, -0.25) is 4.79 Å². The Morgan fingerprint density at radius 2 is 2.32 bits per heavy atom. The van der Waals surface area contributed by atoms with E-state index in [1.807, 2.05) is 0 Å². The van der Waals surface area contributed by atoms with Crippen LogP contribution in [0.4, 0.5) is 10.9 Å². The van der Waals surface area contributed by atoms with Crippen LogP contribution >= 0.6 is 11.3 Å². The van der Waals surface area contributed by atoms with Gasteiger partial charge in [-0.25, -0.2) is 0 Å². The highest BCUT2D eigenvalue weighted by molar-refractivity contribution is 7.16. The number of nitrogens with one attached hydrogen (secondary N) is 1. The summed E-state index contributed by atoms with van der Waals surface area (Å²) in [6, 6.07) is 5.21. The van der Waals surface area contributed by atoms with Crippen LogP contribution in [0.25, 0.3) is 0 Å². The molecule has 0 saturated heterocycles. The van der Waals surface area contributed by atoms with E-state index in [-0.39, 0.29) is 17.6 Å². The molecule has 2 aromatic heterocycles. The fourth-order valence-corrected chi connectivity index (χ4v) is 3.48. The lowest BCUT2D eigenvalue weighted by atomic mass is 10.1. The number of rotatable bonds is 2. The van der Waals surface area contributed by atoms with Crippen molar-refractivity contribution in [1.29, 1.82) is 5.26 Å². The van der Waals surface area contributed by atoms with Crippen LogP contribution < -0.4 is 11.1 Å². The van der Waals surface area contributed by atoms with E-state index >= 15 is 0 Å². The van der Waals surface area contributed by atoms with Crippen LogP contribution in [0.5, 0.6) is 0 Å². The van der Waals surface area contributed by atoms with Gasteiger partial charge in [0.2, 0.25) is 0 Å². The Labute approximate surface area is 113 Å². The first kappa shape index (κ1) is 11.8. The van der Waals surface area contributed by atoms with Gasteiger partial charge in [0.15, 0.2) is 11.6 Å². The van der Waals surface area contributed by atoms with E-state index in [0.717, 1.165) is 24.8 Å². The van der Waals surface area contributed by atoms with E-state index in [1.165, 1.54) is 28.3 Å². The van der Waals surface area contributed by atoms with E-state index in [2.05, 4.69) is 11.4 Å². The maximum atomic E-state index is 12.0. The van der Waals surface area contributed by atoms with Crippen molar-refractivity contribution in [3.05, 3.63) is 33.9 Å². The molecule has 1 amide bonds. The molecule has 2 heterocycles. The molecule has 96 valence electrons. The number of anilines is 2. The van der Waals surface area contributed by atoms with Crippen LogP contribution in [0, 0.1) is 11.3 Å². The predicted octanol–water partition coefficient (Wildman–Crippen LogP) is 2.54. The molecular formula is C13H11N3O2S. The van der Waals surface area contributed by atoms with Crippen molar-refractivity contribution in [1.82, 2.24) is 0 Å². The normalized spacial score (nSPS) is 13.0. The van der Waals surface area contributed by atoms with Gasteiger partial charge in [0.25, 0.3) is 5.91 Å². The zero-order valence-corrected chi connectivity index (χ0v) is 10.8. The second-order valence-electron chi connectivity index (χ2n) is 4.33. The fourth-order valence-electron chi connectivity index (χ4n) is 2.25. The number of amides is 1. The number of aryl methyl sites for hydroxylation is 1. The molecule has 5 nitrogen and oxygen atoms in total. The molecule has 2 aromatic rings. The van der Waals surface area contributed by atoms with E-state index in [1.54, 1.807) is 0 Å². The third-order valence-corrected chi connectivity index (χ3v) is 4.32. The summed E-state index contributed by atoms with van der Waals surface area (Å²) in [6.07, 6.45) is 2.98. The molecule has 0 unspecified atom stereocenters. The monoisotopic (exact) mass is 273 g/mol. The van der Waals surface area contributed by atoms with Crippen LogP contribution in [0.3, 0.4) is 0 Å². The molecule has 19 heavy (non-hydrogen) atoms. The second kappa shape index (κ2) is 4.44. The van der Waals surface area contributed by atoms with Gasteiger partial charge in [0, 0.05) is 10.9 Å². The summed E-state index contributed by atoms with van der Waals surface area (Å²) in [7, 11) is 0. The average Bonchev–Trinajstić information content (AvgIpc) is 3.04. The number of nitriles is 1. The Balaban J connectivity index is 1.88. The quantitative estimate of drug-likeness (QED) is 0.879. The third-order valence-electron chi connectivity index (χ3n) is 3.11. The molecule has 0 fully saturated rings. The lowest BCUT2D eigenvalue weighted by Gasteiger charge is -2.01. The summed E-state index contributed by atoms with van der Waals surface area (Å²) < 4.78 is 5.06. The van der Waals surface area contributed by atoms with Gasteiger partial charge in [-0.05, 0) is 30.9 Å². The highest BCUT2D eigenvalue weighted by atomic mass is 32.1. The summed E-state index contributed by atoms with van der Waals surface area (Å²) >= 11 is 1.48. The van der Waals surface area contributed by atoms with Crippen LogP contribution in [0.1, 0.15) is 33.0 Å². The molecule has 0 bridgehead atoms. The summed E-state index contributed by atoms with van der Waals surface area (Å²) in [5.74, 6) is -0.0394. The summed E-state index contributed by atoms with van der Waals surface area (Å²) in [4.78, 5) is 13.2. The molecular weight excluding hydrogens is 262 g/mol. The van der Waals surface area contributed by atoms with E-state index in [0.29, 0.717) is 10.6 Å². The first-order valence-electron chi connectivity index (χ1n) is 5.90. The lowest BCUT2D eigenvalue weighted by molar-refractivity contribution is 0.0998. The minimum absolute atomic E-state index is 0.148. The highest BCUT2D eigenvalue weighted by Crippen LogP contribution is 2.38. The van der Waals surface area contributed by atoms with Gasteiger partial charge in [0.1, 0.15) is 11.1 Å². The number of thiophene rings is 1. The molecule has 1 aliphatic carbocycles. The number of carbonyl (C=O) groups is 1. The Kier molecular flexibility index (Phi) is 2.76. The average molecular weight is 273 g/mol. The maximum Gasteiger partial charge on any atom is 0.292 e. The molecule has 3 rings (SSSR count). The van der Waals surface area contributed by atoms with Crippen LogP contribution in [-0.2, 0) is 12.8 Å². The first-order valence-corrected chi connectivity index (χ1v) is 6.72. The van der Waals surface area contributed by atoms with Gasteiger partial charge in [0.05, 0.1) is 5.56 Å². The van der Waals surface area contributed by atoms with Crippen molar-refractivity contribution in [2.75, 3.05) is 11.1 Å². The number of nitrogens with two attached hydrogens (primary N) is 1. The van der Waals surface area contributed by atoms with Gasteiger partial charge >= 0.3 is 0 Å². The molecule has 6 heteroatoms. The molecule has 0 radical (unpaired) electrons. The molecule has 0 saturated carbocycles.